The number of aryl methyl sites for hydroxylation is 1. The molecular formula is C15H19Cl2NO. The van der Waals surface area contributed by atoms with Crippen molar-refractivity contribution in [1.29, 1.82) is 0 Å². The van der Waals surface area contributed by atoms with Gasteiger partial charge >= 0.3 is 0 Å². The second kappa shape index (κ2) is 7.16. The van der Waals surface area contributed by atoms with E-state index in [4.69, 9.17) is 23.2 Å². The van der Waals surface area contributed by atoms with Crippen LogP contribution in [0.25, 0.3) is 0 Å². The highest BCUT2D eigenvalue weighted by Crippen LogP contribution is 2.22. The first-order chi connectivity index (χ1) is 9.16. The van der Waals surface area contributed by atoms with Gasteiger partial charge in [-0.3, -0.25) is 4.79 Å². The van der Waals surface area contributed by atoms with Gasteiger partial charge < -0.3 is 4.90 Å². The molecule has 1 amide bonds. The number of likely N-dealkylation sites (tertiary alicyclic amines) is 1. The Balaban J connectivity index is 1.88. The fourth-order valence-corrected chi connectivity index (χ4v) is 2.95. The summed E-state index contributed by atoms with van der Waals surface area (Å²) in [5, 5.41) is 1.28. The van der Waals surface area contributed by atoms with Crippen molar-refractivity contribution >= 4 is 29.1 Å². The molecule has 0 aromatic heterocycles. The number of amides is 1. The highest BCUT2D eigenvalue weighted by atomic mass is 35.5. The Morgan fingerprint density at radius 1 is 1.11 bits per heavy atom. The molecule has 2 rings (SSSR count). The molecule has 1 aromatic carbocycles. The van der Waals surface area contributed by atoms with Crippen molar-refractivity contribution in [2.24, 2.45) is 0 Å². The molecule has 0 N–H and O–H groups in total. The Kier molecular flexibility index (Phi) is 5.53. The maximum Gasteiger partial charge on any atom is 0.222 e. The molecule has 1 saturated heterocycles. The first kappa shape index (κ1) is 14.7. The molecule has 1 aliphatic rings. The average molecular weight is 300 g/mol. The van der Waals surface area contributed by atoms with Crippen molar-refractivity contribution in [1.82, 2.24) is 4.90 Å². The highest BCUT2D eigenvalue weighted by Gasteiger charge is 2.15. The van der Waals surface area contributed by atoms with Gasteiger partial charge in [0.2, 0.25) is 5.91 Å². The van der Waals surface area contributed by atoms with Gasteiger partial charge in [-0.15, -0.1) is 0 Å². The summed E-state index contributed by atoms with van der Waals surface area (Å²) in [7, 11) is 0. The van der Waals surface area contributed by atoms with Crippen LogP contribution in [0, 0.1) is 0 Å². The minimum Gasteiger partial charge on any atom is -0.343 e. The summed E-state index contributed by atoms with van der Waals surface area (Å²) in [5.74, 6) is 0.243. The van der Waals surface area contributed by atoms with E-state index in [1.807, 2.05) is 17.0 Å². The predicted molar refractivity (Wildman–Crippen MR) is 79.8 cm³/mol. The number of rotatable bonds is 3. The van der Waals surface area contributed by atoms with Crippen LogP contribution in [0.3, 0.4) is 0 Å². The second-order valence-electron chi connectivity index (χ2n) is 5.03. The van der Waals surface area contributed by atoms with Gasteiger partial charge in [-0.25, -0.2) is 0 Å². The Morgan fingerprint density at radius 3 is 2.42 bits per heavy atom. The lowest BCUT2D eigenvalue weighted by molar-refractivity contribution is -0.131. The van der Waals surface area contributed by atoms with Crippen molar-refractivity contribution < 1.29 is 4.79 Å². The quantitative estimate of drug-likeness (QED) is 0.813. The maximum absolute atomic E-state index is 12.2. The van der Waals surface area contributed by atoms with Crippen LogP contribution in [-0.2, 0) is 11.2 Å². The molecule has 0 atom stereocenters. The molecule has 1 fully saturated rings. The Hall–Kier alpha value is -0.730. The van der Waals surface area contributed by atoms with E-state index in [1.54, 1.807) is 6.07 Å². The zero-order valence-electron chi connectivity index (χ0n) is 11.0. The van der Waals surface area contributed by atoms with Crippen LogP contribution in [0.1, 0.15) is 37.7 Å². The number of hydrogen-bond acceptors (Lipinski definition) is 1. The van der Waals surface area contributed by atoms with E-state index < -0.39 is 0 Å². The summed E-state index contributed by atoms with van der Waals surface area (Å²) in [6, 6.07) is 5.45. The number of hydrogen-bond donors (Lipinski definition) is 0. The minimum absolute atomic E-state index is 0.243. The van der Waals surface area contributed by atoms with E-state index in [-0.39, 0.29) is 5.91 Å². The number of nitrogens with zero attached hydrogens (tertiary/aromatic N) is 1. The molecule has 0 radical (unpaired) electrons. The summed E-state index contributed by atoms with van der Waals surface area (Å²) in [6.45, 7) is 1.82. The van der Waals surface area contributed by atoms with Crippen LogP contribution in [0.15, 0.2) is 18.2 Å². The van der Waals surface area contributed by atoms with Crippen LogP contribution < -0.4 is 0 Å². The Morgan fingerprint density at radius 2 is 1.79 bits per heavy atom. The van der Waals surface area contributed by atoms with Gasteiger partial charge in [-0.1, -0.05) is 42.1 Å². The van der Waals surface area contributed by atoms with Gasteiger partial charge in [0.1, 0.15) is 0 Å². The largest absolute Gasteiger partial charge is 0.343 e. The average Bonchev–Trinajstić information content (AvgIpc) is 2.66. The molecule has 0 aliphatic carbocycles. The number of carbonyl (C=O) groups is 1. The molecule has 0 spiro atoms. The fourth-order valence-electron chi connectivity index (χ4n) is 2.44. The van der Waals surface area contributed by atoms with Crippen LogP contribution >= 0.6 is 23.2 Å². The smallest absolute Gasteiger partial charge is 0.222 e. The normalized spacial score (nSPS) is 16.2. The SMILES string of the molecule is O=C(CCc1ccc(Cl)cc1Cl)N1CCCCCC1. The van der Waals surface area contributed by atoms with E-state index in [9.17, 15) is 4.79 Å². The van der Waals surface area contributed by atoms with Crippen LogP contribution in [-0.4, -0.2) is 23.9 Å². The summed E-state index contributed by atoms with van der Waals surface area (Å²) in [4.78, 5) is 14.2. The first-order valence-corrected chi connectivity index (χ1v) is 7.64. The maximum atomic E-state index is 12.2. The fraction of sp³-hybridized carbons (Fsp3) is 0.533. The standard InChI is InChI=1S/C15H19Cl2NO/c16-13-7-5-12(14(17)11-13)6-8-15(19)18-9-3-1-2-4-10-18/h5,7,11H,1-4,6,8-10H2. The van der Waals surface area contributed by atoms with E-state index in [0.29, 0.717) is 22.9 Å². The first-order valence-electron chi connectivity index (χ1n) is 6.88. The van der Waals surface area contributed by atoms with Gasteiger partial charge in [0.05, 0.1) is 0 Å². The van der Waals surface area contributed by atoms with Gasteiger partial charge in [0.25, 0.3) is 0 Å². The summed E-state index contributed by atoms with van der Waals surface area (Å²) >= 11 is 12.0. The van der Waals surface area contributed by atoms with E-state index in [0.717, 1.165) is 31.5 Å². The molecule has 0 unspecified atom stereocenters. The lowest BCUT2D eigenvalue weighted by atomic mass is 10.1. The van der Waals surface area contributed by atoms with Crippen molar-refractivity contribution in [3.8, 4) is 0 Å². The monoisotopic (exact) mass is 299 g/mol. The summed E-state index contributed by atoms with van der Waals surface area (Å²) < 4.78 is 0. The number of carbonyl (C=O) groups excluding carboxylic acids is 1. The van der Waals surface area contributed by atoms with Gasteiger partial charge in [-0.2, -0.15) is 0 Å². The third-order valence-electron chi connectivity index (χ3n) is 3.58. The lowest BCUT2D eigenvalue weighted by Crippen LogP contribution is -2.31. The third kappa shape index (κ3) is 4.39. The van der Waals surface area contributed by atoms with Crippen LogP contribution in [0.5, 0.6) is 0 Å². The number of benzene rings is 1. The summed E-state index contributed by atoms with van der Waals surface area (Å²) in [5.41, 5.74) is 0.995. The molecular weight excluding hydrogens is 281 g/mol. The molecule has 19 heavy (non-hydrogen) atoms. The molecule has 1 aliphatic heterocycles. The number of halogens is 2. The molecule has 2 nitrogen and oxygen atoms in total. The minimum atomic E-state index is 0.243. The topological polar surface area (TPSA) is 20.3 Å². The van der Waals surface area contributed by atoms with Crippen molar-refractivity contribution in [2.75, 3.05) is 13.1 Å². The van der Waals surface area contributed by atoms with E-state index in [1.165, 1.54) is 12.8 Å². The van der Waals surface area contributed by atoms with Gasteiger partial charge in [0, 0.05) is 29.6 Å². The van der Waals surface area contributed by atoms with E-state index >= 15 is 0 Å². The molecule has 0 bridgehead atoms. The van der Waals surface area contributed by atoms with Gasteiger partial charge in [-0.05, 0) is 37.0 Å². The zero-order chi connectivity index (χ0) is 13.7. The Bertz CT molecular complexity index is 440. The summed E-state index contributed by atoms with van der Waals surface area (Å²) in [6.07, 6.45) is 5.97. The predicted octanol–water partition coefficient (Wildman–Crippen LogP) is 4.33. The third-order valence-corrected chi connectivity index (χ3v) is 4.17. The van der Waals surface area contributed by atoms with Crippen molar-refractivity contribution in [3.05, 3.63) is 33.8 Å². The van der Waals surface area contributed by atoms with Crippen molar-refractivity contribution in [2.45, 2.75) is 38.5 Å². The zero-order valence-corrected chi connectivity index (χ0v) is 12.5. The molecule has 1 heterocycles. The molecule has 4 heteroatoms. The second-order valence-corrected chi connectivity index (χ2v) is 5.87. The molecule has 104 valence electrons. The van der Waals surface area contributed by atoms with Crippen molar-refractivity contribution in [3.63, 3.8) is 0 Å². The molecule has 0 saturated carbocycles. The molecule has 1 aromatic rings. The highest BCUT2D eigenvalue weighted by molar-refractivity contribution is 6.35. The lowest BCUT2D eigenvalue weighted by Gasteiger charge is -2.20. The van der Waals surface area contributed by atoms with Crippen LogP contribution in [0.4, 0.5) is 0 Å². The Labute approximate surface area is 124 Å². The van der Waals surface area contributed by atoms with Crippen LogP contribution in [0.2, 0.25) is 10.0 Å². The van der Waals surface area contributed by atoms with E-state index in [2.05, 4.69) is 0 Å². The van der Waals surface area contributed by atoms with Gasteiger partial charge in [0.15, 0.2) is 0 Å².